The summed E-state index contributed by atoms with van der Waals surface area (Å²) in [5.74, 6) is 0. The average molecular weight is 329 g/mol. The maximum Gasteiger partial charge on any atom is 0.0661 e. The first-order valence-corrected chi connectivity index (χ1v) is 6.95. The number of halogens is 2. The normalized spacial score (nSPS) is 11.2. The van der Waals surface area contributed by atoms with Gasteiger partial charge in [-0.2, -0.15) is 5.10 Å². The van der Waals surface area contributed by atoms with Crippen LogP contribution in [0.1, 0.15) is 19.4 Å². The molecule has 0 aliphatic carbocycles. The zero-order chi connectivity index (χ0) is 13.1. The molecule has 3 nitrogen and oxygen atoms in total. The highest BCUT2D eigenvalue weighted by molar-refractivity contribution is 9.10. The fourth-order valence-corrected chi connectivity index (χ4v) is 2.11. The Hall–Kier alpha value is -0.840. The summed E-state index contributed by atoms with van der Waals surface area (Å²) in [7, 11) is 0. The molecule has 1 N–H and O–H groups in total. The summed E-state index contributed by atoms with van der Waals surface area (Å²) in [5.41, 5.74) is 2.05. The monoisotopic (exact) mass is 327 g/mol. The Bertz CT molecular complexity index is 537. The third-order valence-corrected chi connectivity index (χ3v) is 3.31. The van der Waals surface area contributed by atoms with E-state index in [9.17, 15) is 0 Å². The summed E-state index contributed by atoms with van der Waals surface area (Å²) in [5, 5.41) is 8.33. The number of nitrogens with zero attached hydrogens (tertiary/aromatic N) is 2. The van der Waals surface area contributed by atoms with E-state index in [1.807, 2.05) is 24.4 Å². The Labute approximate surface area is 120 Å². The number of rotatable bonds is 4. The Morgan fingerprint density at radius 1 is 1.44 bits per heavy atom. The highest BCUT2D eigenvalue weighted by Gasteiger charge is 2.05. The van der Waals surface area contributed by atoms with Gasteiger partial charge in [0.15, 0.2) is 0 Å². The van der Waals surface area contributed by atoms with Gasteiger partial charge in [-0.1, -0.05) is 31.5 Å². The van der Waals surface area contributed by atoms with Crippen molar-refractivity contribution in [3.63, 3.8) is 0 Å². The lowest BCUT2D eigenvalue weighted by Gasteiger charge is -2.10. The van der Waals surface area contributed by atoms with Crippen LogP contribution < -0.4 is 5.32 Å². The van der Waals surface area contributed by atoms with Crippen LogP contribution >= 0.6 is 27.5 Å². The molecule has 96 valence electrons. The van der Waals surface area contributed by atoms with E-state index in [1.165, 1.54) is 0 Å². The van der Waals surface area contributed by atoms with Crippen molar-refractivity contribution in [2.45, 2.75) is 26.4 Å². The van der Waals surface area contributed by atoms with Crippen molar-refractivity contribution in [2.75, 3.05) is 0 Å². The van der Waals surface area contributed by atoms with Gasteiger partial charge in [0.1, 0.15) is 0 Å². The topological polar surface area (TPSA) is 29.9 Å². The van der Waals surface area contributed by atoms with Crippen molar-refractivity contribution in [1.29, 1.82) is 0 Å². The second-order valence-corrected chi connectivity index (χ2v) is 5.74. The smallest absolute Gasteiger partial charge is 0.0661 e. The lowest BCUT2D eigenvalue weighted by molar-refractivity contribution is 0.589. The van der Waals surface area contributed by atoms with Crippen LogP contribution in [0.5, 0.6) is 0 Å². The van der Waals surface area contributed by atoms with E-state index in [0.29, 0.717) is 6.04 Å². The molecule has 1 aromatic heterocycles. The minimum atomic E-state index is 0.447. The molecule has 18 heavy (non-hydrogen) atoms. The molecule has 5 heteroatoms. The van der Waals surface area contributed by atoms with E-state index in [2.05, 4.69) is 40.2 Å². The van der Waals surface area contributed by atoms with Crippen molar-refractivity contribution in [2.24, 2.45) is 0 Å². The summed E-state index contributed by atoms with van der Waals surface area (Å²) >= 11 is 9.65. The van der Waals surface area contributed by atoms with Crippen LogP contribution in [0.15, 0.2) is 35.1 Å². The molecule has 2 aromatic rings. The maximum atomic E-state index is 6.28. The van der Waals surface area contributed by atoms with E-state index in [1.54, 1.807) is 10.9 Å². The minimum Gasteiger partial charge on any atom is -0.310 e. The molecule has 0 fully saturated rings. The summed E-state index contributed by atoms with van der Waals surface area (Å²) in [6, 6.07) is 6.42. The van der Waals surface area contributed by atoms with E-state index in [-0.39, 0.29) is 0 Å². The van der Waals surface area contributed by atoms with Crippen molar-refractivity contribution >= 4 is 27.5 Å². The van der Waals surface area contributed by atoms with Crippen LogP contribution in [0.3, 0.4) is 0 Å². The molecular formula is C13H15BrClN3. The molecule has 1 aromatic carbocycles. The fourth-order valence-electron chi connectivity index (χ4n) is 1.58. The molecule has 1 heterocycles. The largest absolute Gasteiger partial charge is 0.310 e. The van der Waals surface area contributed by atoms with Gasteiger partial charge in [0.25, 0.3) is 0 Å². The van der Waals surface area contributed by atoms with Crippen LogP contribution in [0, 0.1) is 0 Å². The quantitative estimate of drug-likeness (QED) is 0.925. The number of hydrogen-bond acceptors (Lipinski definition) is 2. The Balaban J connectivity index is 2.19. The van der Waals surface area contributed by atoms with Crippen LogP contribution in [-0.2, 0) is 6.54 Å². The molecule has 0 saturated heterocycles. The summed E-state index contributed by atoms with van der Waals surface area (Å²) < 4.78 is 2.74. The number of aromatic nitrogens is 2. The summed E-state index contributed by atoms with van der Waals surface area (Å²) in [6.45, 7) is 5.01. The second kappa shape index (κ2) is 5.87. The zero-order valence-corrected chi connectivity index (χ0v) is 12.7. The third-order valence-electron chi connectivity index (χ3n) is 2.55. The van der Waals surface area contributed by atoms with Crippen molar-refractivity contribution in [3.05, 3.63) is 45.7 Å². The summed E-state index contributed by atoms with van der Waals surface area (Å²) in [4.78, 5) is 0. The molecule has 0 aliphatic rings. The first-order chi connectivity index (χ1) is 8.56. The molecule has 0 unspecified atom stereocenters. The van der Waals surface area contributed by atoms with Crippen molar-refractivity contribution in [3.8, 4) is 5.69 Å². The predicted molar refractivity (Wildman–Crippen MR) is 78.2 cm³/mol. The SMILES string of the molecule is CC(C)NCc1ccc(-n2cc(Br)cn2)cc1Cl. The molecule has 2 rings (SSSR count). The molecule has 0 spiro atoms. The molecule has 0 amide bonds. The van der Waals surface area contributed by atoms with Gasteiger partial charge in [0.05, 0.1) is 16.4 Å². The molecule has 0 radical (unpaired) electrons. The van der Waals surface area contributed by atoms with Crippen molar-refractivity contribution < 1.29 is 0 Å². The van der Waals surface area contributed by atoms with Crippen molar-refractivity contribution in [1.82, 2.24) is 15.1 Å². The highest BCUT2D eigenvalue weighted by atomic mass is 79.9. The van der Waals surface area contributed by atoms with E-state index >= 15 is 0 Å². The van der Waals surface area contributed by atoms with Crippen LogP contribution in [0.4, 0.5) is 0 Å². The Morgan fingerprint density at radius 3 is 2.78 bits per heavy atom. The van der Waals surface area contributed by atoms with Gasteiger partial charge in [0.2, 0.25) is 0 Å². The Kier molecular flexibility index (Phi) is 4.43. The van der Waals surface area contributed by atoms with Gasteiger partial charge in [0, 0.05) is 23.8 Å². The van der Waals surface area contributed by atoms with Gasteiger partial charge in [-0.25, -0.2) is 4.68 Å². The first-order valence-electron chi connectivity index (χ1n) is 5.78. The van der Waals surface area contributed by atoms with Gasteiger partial charge >= 0.3 is 0 Å². The molecule has 0 bridgehead atoms. The maximum absolute atomic E-state index is 6.28. The standard InChI is InChI=1S/C13H15BrClN3/c1-9(2)16-6-10-3-4-12(5-13(10)15)18-8-11(14)7-17-18/h3-5,7-9,16H,6H2,1-2H3. The Morgan fingerprint density at radius 2 is 2.22 bits per heavy atom. The molecule has 0 atom stereocenters. The number of benzene rings is 1. The highest BCUT2D eigenvalue weighted by Crippen LogP contribution is 2.21. The fraction of sp³-hybridized carbons (Fsp3) is 0.308. The van der Waals surface area contributed by atoms with Gasteiger partial charge in [-0.15, -0.1) is 0 Å². The van der Waals surface area contributed by atoms with Crippen LogP contribution in [0.2, 0.25) is 5.02 Å². The van der Waals surface area contributed by atoms with E-state index in [4.69, 9.17) is 11.6 Å². The van der Waals surface area contributed by atoms with Crippen LogP contribution in [-0.4, -0.2) is 15.8 Å². The molecule has 0 saturated carbocycles. The zero-order valence-electron chi connectivity index (χ0n) is 10.3. The van der Waals surface area contributed by atoms with Gasteiger partial charge in [-0.05, 0) is 33.6 Å². The minimum absolute atomic E-state index is 0.447. The average Bonchev–Trinajstić information content (AvgIpc) is 2.74. The third kappa shape index (κ3) is 3.34. The van der Waals surface area contributed by atoms with Gasteiger partial charge in [-0.3, -0.25) is 0 Å². The number of nitrogens with one attached hydrogen (secondary N) is 1. The number of hydrogen-bond donors (Lipinski definition) is 1. The molecule has 0 aliphatic heterocycles. The second-order valence-electron chi connectivity index (χ2n) is 4.41. The lowest BCUT2D eigenvalue weighted by atomic mass is 10.2. The van der Waals surface area contributed by atoms with E-state index in [0.717, 1.165) is 27.3 Å². The summed E-state index contributed by atoms with van der Waals surface area (Å²) in [6.07, 6.45) is 3.65. The van der Waals surface area contributed by atoms with E-state index < -0.39 is 0 Å². The van der Waals surface area contributed by atoms with Crippen LogP contribution in [0.25, 0.3) is 5.69 Å². The predicted octanol–water partition coefficient (Wildman–Crippen LogP) is 3.79. The first kappa shape index (κ1) is 13.6. The van der Waals surface area contributed by atoms with Gasteiger partial charge < -0.3 is 5.32 Å². The lowest BCUT2D eigenvalue weighted by Crippen LogP contribution is -2.22. The molecular weight excluding hydrogens is 314 g/mol.